The fraction of sp³-hybridized carbons (Fsp3) is 0.238. The van der Waals surface area contributed by atoms with Crippen molar-refractivity contribution in [1.82, 2.24) is 10.3 Å². The second kappa shape index (κ2) is 7.30. The number of Topliss-reactive ketones (excluding diaryl/α,β-unsaturated/α-hetero) is 1. The van der Waals surface area contributed by atoms with Crippen molar-refractivity contribution in [2.45, 2.75) is 31.5 Å². The molecule has 30 heavy (non-hydrogen) atoms. The highest BCUT2D eigenvalue weighted by Gasteiger charge is 2.40. The maximum Gasteiger partial charge on any atom is 0.433 e. The largest absolute Gasteiger partial charge is 0.433 e. The zero-order valence-corrected chi connectivity index (χ0v) is 15.5. The lowest BCUT2D eigenvalue weighted by atomic mass is 9.84. The summed E-state index contributed by atoms with van der Waals surface area (Å²) in [7, 11) is 0. The normalized spacial score (nSPS) is 19.3. The molecule has 0 bridgehead atoms. The van der Waals surface area contributed by atoms with Crippen LogP contribution in [0.5, 0.6) is 0 Å². The summed E-state index contributed by atoms with van der Waals surface area (Å²) in [5.74, 6) is -0.166. The van der Waals surface area contributed by atoms with Gasteiger partial charge in [0.15, 0.2) is 5.78 Å². The molecule has 0 spiro atoms. The number of ketones is 1. The summed E-state index contributed by atoms with van der Waals surface area (Å²) in [6, 6.07) is 9.22. The lowest BCUT2D eigenvalue weighted by Crippen LogP contribution is -2.49. The molecular weight excluding hydrogens is 397 g/mol. The SMILES string of the molecule is N#Cc1ccc(C2NC(=O)N(c3ccnc(C(F)(F)F)c3)C3=C2C(=O)CCC3)cc1. The van der Waals surface area contributed by atoms with Crippen molar-refractivity contribution in [2.75, 3.05) is 4.90 Å². The van der Waals surface area contributed by atoms with Crippen molar-refractivity contribution >= 4 is 17.5 Å². The number of pyridine rings is 1. The molecule has 0 fully saturated rings. The van der Waals surface area contributed by atoms with Gasteiger partial charge in [-0.3, -0.25) is 14.7 Å². The molecule has 0 saturated carbocycles. The molecule has 4 rings (SSSR count). The third-order valence-corrected chi connectivity index (χ3v) is 5.12. The first-order valence-corrected chi connectivity index (χ1v) is 9.20. The Bertz CT molecular complexity index is 1100. The maximum absolute atomic E-state index is 13.1. The fourth-order valence-electron chi connectivity index (χ4n) is 3.78. The molecule has 1 N–H and O–H groups in total. The summed E-state index contributed by atoms with van der Waals surface area (Å²) < 4.78 is 39.3. The highest BCUT2D eigenvalue weighted by molar-refractivity contribution is 6.06. The van der Waals surface area contributed by atoms with Gasteiger partial charge in [-0.25, -0.2) is 4.79 Å². The van der Waals surface area contributed by atoms with Crippen molar-refractivity contribution in [2.24, 2.45) is 0 Å². The van der Waals surface area contributed by atoms with Gasteiger partial charge in [-0.1, -0.05) is 12.1 Å². The Balaban J connectivity index is 1.83. The number of nitrogens with one attached hydrogen (secondary N) is 1. The number of aromatic nitrogens is 1. The van der Waals surface area contributed by atoms with E-state index in [1.807, 2.05) is 6.07 Å². The van der Waals surface area contributed by atoms with E-state index in [2.05, 4.69) is 10.3 Å². The van der Waals surface area contributed by atoms with E-state index in [1.165, 1.54) is 6.07 Å². The van der Waals surface area contributed by atoms with Crippen LogP contribution >= 0.6 is 0 Å². The first kappa shape index (κ1) is 19.6. The van der Waals surface area contributed by atoms with Crippen LogP contribution in [0.3, 0.4) is 0 Å². The lowest BCUT2D eigenvalue weighted by Gasteiger charge is -2.39. The monoisotopic (exact) mass is 412 g/mol. The number of anilines is 1. The number of alkyl halides is 3. The van der Waals surface area contributed by atoms with E-state index in [0.717, 1.165) is 17.2 Å². The first-order chi connectivity index (χ1) is 14.3. The number of hydrogen-bond donors (Lipinski definition) is 1. The Morgan fingerprint density at radius 3 is 2.53 bits per heavy atom. The first-order valence-electron chi connectivity index (χ1n) is 9.20. The Kier molecular flexibility index (Phi) is 4.78. The number of hydrogen-bond acceptors (Lipinski definition) is 4. The predicted molar refractivity (Wildman–Crippen MR) is 100 cm³/mol. The molecule has 2 aromatic rings. The number of halogens is 3. The molecule has 6 nitrogen and oxygen atoms in total. The Morgan fingerprint density at radius 2 is 1.87 bits per heavy atom. The number of nitriles is 1. The van der Waals surface area contributed by atoms with Crippen molar-refractivity contribution in [3.63, 3.8) is 0 Å². The number of rotatable bonds is 2. The quantitative estimate of drug-likeness (QED) is 0.799. The van der Waals surface area contributed by atoms with Crippen LogP contribution in [0.4, 0.5) is 23.7 Å². The van der Waals surface area contributed by atoms with Gasteiger partial charge in [-0.15, -0.1) is 0 Å². The summed E-state index contributed by atoms with van der Waals surface area (Å²) >= 11 is 0. The smallest absolute Gasteiger partial charge is 0.326 e. The summed E-state index contributed by atoms with van der Waals surface area (Å²) in [5, 5.41) is 11.7. The van der Waals surface area contributed by atoms with Crippen LogP contribution < -0.4 is 10.2 Å². The molecule has 9 heteroatoms. The molecule has 2 aliphatic rings. The average Bonchev–Trinajstić information content (AvgIpc) is 2.73. The summed E-state index contributed by atoms with van der Waals surface area (Å²) in [4.78, 5) is 30.2. The molecule has 1 atom stereocenters. The second-order valence-corrected chi connectivity index (χ2v) is 6.99. The van der Waals surface area contributed by atoms with Crippen molar-refractivity contribution < 1.29 is 22.8 Å². The third kappa shape index (κ3) is 3.41. The van der Waals surface area contributed by atoms with Gasteiger partial charge in [0.2, 0.25) is 0 Å². The molecule has 1 aliphatic carbocycles. The summed E-state index contributed by atoms with van der Waals surface area (Å²) in [6.07, 6.45) is -2.50. The molecular formula is C21H15F3N4O2. The van der Waals surface area contributed by atoms with Crippen LogP contribution in [-0.2, 0) is 11.0 Å². The Hall–Kier alpha value is -3.67. The van der Waals surface area contributed by atoms with Crippen molar-refractivity contribution in [1.29, 1.82) is 5.26 Å². The second-order valence-electron chi connectivity index (χ2n) is 6.99. The number of allylic oxidation sites excluding steroid dienone is 1. The Morgan fingerprint density at radius 1 is 1.13 bits per heavy atom. The zero-order valence-electron chi connectivity index (χ0n) is 15.5. The van der Waals surface area contributed by atoms with Crippen LogP contribution in [0.2, 0.25) is 0 Å². The van der Waals surface area contributed by atoms with Gasteiger partial charge in [0, 0.05) is 23.9 Å². The minimum atomic E-state index is -4.66. The number of carbonyl (C=O) groups excluding carboxylic acids is 2. The topological polar surface area (TPSA) is 86.1 Å². The molecule has 1 unspecified atom stereocenters. The van der Waals surface area contributed by atoms with Crippen LogP contribution in [-0.4, -0.2) is 16.8 Å². The van der Waals surface area contributed by atoms with Crippen molar-refractivity contribution in [3.05, 3.63) is 70.7 Å². The highest BCUT2D eigenvalue weighted by Crippen LogP contribution is 2.40. The maximum atomic E-state index is 13.1. The van der Waals surface area contributed by atoms with Crippen LogP contribution in [0, 0.1) is 11.3 Å². The van der Waals surface area contributed by atoms with E-state index in [9.17, 15) is 22.8 Å². The van der Waals surface area contributed by atoms with Gasteiger partial charge in [-0.2, -0.15) is 18.4 Å². The van der Waals surface area contributed by atoms with E-state index in [4.69, 9.17) is 5.26 Å². The highest BCUT2D eigenvalue weighted by atomic mass is 19.4. The summed E-state index contributed by atoms with van der Waals surface area (Å²) in [6.45, 7) is 0. The number of urea groups is 1. The molecule has 1 aliphatic heterocycles. The zero-order chi connectivity index (χ0) is 21.5. The third-order valence-electron chi connectivity index (χ3n) is 5.12. The number of amides is 2. The van der Waals surface area contributed by atoms with Gasteiger partial charge >= 0.3 is 12.2 Å². The molecule has 1 aromatic heterocycles. The van der Waals surface area contributed by atoms with Crippen LogP contribution in [0.1, 0.15) is 42.1 Å². The lowest BCUT2D eigenvalue weighted by molar-refractivity contribution is -0.141. The Labute approximate surface area is 169 Å². The molecule has 2 heterocycles. The van der Waals surface area contributed by atoms with E-state index >= 15 is 0 Å². The number of benzene rings is 1. The van der Waals surface area contributed by atoms with Gasteiger partial charge in [-0.05, 0) is 42.7 Å². The predicted octanol–water partition coefficient (Wildman–Crippen LogP) is 4.25. The molecule has 0 radical (unpaired) electrons. The van der Waals surface area contributed by atoms with E-state index in [0.29, 0.717) is 41.7 Å². The van der Waals surface area contributed by atoms with Gasteiger partial charge < -0.3 is 5.32 Å². The molecule has 152 valence electrons. The minimum Gasteiger partial charge on any atom is -0.326 e. The van der Waals surface area contributed by atoms with E-state index in [-0.39, 0.29) is 11.5 Å². The van der Waals surface area contributed by atoms with E-state index in [1.54, 1.807) is 24.3 Å². The average molecular weight is 412 g/mol. The van der Waals surface area contributed by atoms with Crippen LogP contribution in [0.25, 0.3) is 0 Å². The van der Waals surface area contributed by atoms with Gasteiger partial charge in [0.05, 0.1) is 23.4 Å². The van der Waals surface area contributed by atoms with Crippen molar-refractivity contribution in [3.8, 4) is 6.07 Å². The fourth-order valence-corrected chi connectivity index (χ4v) is 3.78. The number of carbonyl (C=O) groups is 2. The molecule has 2 amide bonds. The standard InChI is InChI=1S/C21H15F3N4O2/c22-21(23,24)17-10-14(8-9-26-17)28-15-2-1-3-16(29)18(15)19(27-20(28)30)13-6-4-12(11-25)5-7-13/h4-10,19H,1-3H2,(H,27,30). The summed E-state index contributed by atoms with van der Waals surface area (Å²) in [5.41, 5.74) is 0.680. The molecule has 1 aromatic carbocycles. The van der Waals surface area contributed by atoms with Gasteiger partial charge in [0.25, 0.3) is 0 Å². The van der Waals surface area contributed by atoms with E-state index < -0.39 is 23.9 Å². The van der Waals surface area contributed by atoms with Gasteiger partial charge in [0.1, 0.15) is 5.69 Å². The minimum absolute atomic E-state index is 0.00435. The molecule has 0 saturated heterocycles. The number of nitrogens with zero attached hydrogens (tertiary/aromatic N) is 3. The van der Waals surface area contributed by atoms with Crippen LogP contribution in [0.15, 0.2) is 53.9 Å².